The fourth-order valence-electron chi connectivity index (χ4n) is 3.53. The number of alkyl halides is 2. The van der Waals surface area contributed by atoms with E-state index >= 15 is 0 Å². The normalized spacial score (nSPS) is 15.9. The lowest BCUT2D eigenvalue weighted by Gasteiger charge is -2.16. The van der Waals surface area contributed by atoms with E-state index in [0.717, 1.165) is 35.9 Å². The molecule has 9 heteroatoms. The van der Waals surface area contributed by atoms with Gasteiger partial charge in [0.25, 0.3) is 5.76 Å². The maximum atomic E-state index is 12.5. The van der Waals surface area contributed by atoms with Crippen molar-refractivity contribution in [3.05, 3.63) is 60.8 Å². The zero-order valence-corrected chi connectivity index (χ0v) is 18.9. The van der Waals surface area contributed by atoms with Gasteiger partial charge in [-0.2, -0.15) is 8.78 Å². The number of rotatable bonds is 9. The molecule has 3 aromatic rings. The fraction of sp³-hybridized carbons (Fsp3) is 0.304. The standard InChI is InChI=1S/C23H23F2N3O2S2/c24-22(25)32-19-10-8-17(9-11-19)27-21(29)15-31-23-26-13-20(16-5-2-1-3-6-16)28(23)14-18-7-4-12-30-18/h1-3,5-6,8-11,13,18,22H,4,7,12,14-15H2,(H,27,29). The van der Waals surface area contributed by atoms with E-state index in [9.17, 15) is 13.6 Å². The molecule has 1 aliphatic heterocycles. The monoisotopic (exact) mass is 475 g/mol. The zero-order chi connectivity index (χ0) is 22.3. The first kappa shape index (κ1) is 22.8. The van der Waals surface area contributed by atoms with Crippen LogP contribution in [0, 0.1) is 0 Å². The molecule has 1 fully saturated rings. The van der Waals surface area contributed by atoms with Crippen LogP contribution in [0.3, 0.4) is 0 Å². The molecule has 5 nitrogen and oxygen atoms in total. The van der Waals surface area contributed by atoms with Crippen molar-refractivity contribution >= 4 is 35.1 Å². The Morgan fingerprint density at radius 1 is 1.19 bits per heavy atom. The van der Waals surface area contributed by atoms with Crippen LogP contribution in [0.2, 0.25) is 0 Å². The summed E-state index contributed by atoms with van der Waals surface area (Å²) in [7, 11) is 0. The molecular formula is C23H23F2N3O2S2. The smallest absolute Gasteiger partial charge is 0.288 e. The maximum Gasteiger partial charge on any atom is 0.288 e. The minimum Gasteiger partial charge on any atom is -0.376 e. The second kappa shape index (κ2) is 11.0. The summed E-state index contributed by atoms with van der Waals surface area (Å²) in [6.45, 7) is 1.47. The molecule has 1 amide bonds. The van der Waals surface area contributed by atoms with Gasteiger partial charge in [0, 0.05) is 17.2 Å². The first-order valence-electron chi connectivity index (χ1n) is 10.3. The quantitative estimate of drug-likeness (QED) is 0.398. The average molecular weight is 476 g/mol. The molecule has 0 bridgehead atoms. The van der Waals surface area contributed by atoms with E-state index in [-0.39, 0.29) is 17.8 Å². The number of hydrogen-bond donors (Lipinski definition) is 1. The molecule has 4 rings (SSSR count). The van der Waals surface area contributed by atoms with E-state index < -0.39 is 5.76 Å². The van der Waals surface area contributed by atoms with Crippen LogP contribution in [0.25, 0.3) is 11.3 Å². The van der Waals surface area contributed by atoms with E-state index in [2.05, 4.69) is 14.9 Å². The van der Waals surface area contributed by atoms with Gasteiger partial charge in [0.05, 0.1) is 30.3 Å². The molecule has 1 N–H and O–H groups in total. The van der Waals surface area contributed by atoms with Crippen molar-refractivity contribution in [1.82, 2.24) is 9.55 Å². The molecule has 0 spiro atoms. The Labute approximate surface area is 194 Å². The predicted octanol–water partition coefficient (Wildman–Crippen LogP) is 5.77. The van der Waals surface area contributed by atoms with Crippen LogP contribution in [0.5, 0.6) is 0 Å². The van der Waals surface area contributed by atoms with Gasteiger partial charge in [0.15, 0.2) is 5.16 Å². The minimum absolute atomic E-state index is 0.143. The Hall–Kier alpha value is -2.36. The lowest BCUT2D eigenvalue weighted by molar-refractivity contribution is -0.113. The van der Waals surface area contributed by atoms with Crippen molar-refractivity contribution in [2.24, 2.45) is 0 Å². The summed E-state index contributed by atoms with van der Waals surface area (Å²) < 4.78 is 32.8. The highest BCUT2D eigenvalue weighted by Crippen LogP contribution is 2.29. The van der Waals surface area contributed by atoms with Crippen molar-refractivity contribution in [3.8, 4) is 11.3 Å². The van der Waals surface area contributed by atoms with Gasteiger partial charge in [0.1, 0.15) is 0 Å². The van der Waals surface area contributed by atoms with Crippen molar-refractivity contribution in [1.29, 1.82) is 0 Å². The van der Waals surface area contributed by atoms with Crippen LogP contribution in [-0.4, -0.2) is 39.7 Å². The number of anilines is 1. The number of carbonyl (C=O) groups excluding carboxylic acids is 1. The van der Waals surface area contributed by atoms with Gasteiger partial charge in [-0.1, -0.05) is 53.9 Å². The zero-order valence-electron chi connectivity index (χ0n) is 17.2. The van der Waals surface area contributed by atoms with Gasteiger partial charge < -0.3 is 14.6 Å². The number of ether oxygens (including phenoxy) is 1. The molecule has 1 atom stereocenters. The van der Waals surface area contributed by atoms with Crippen molar-refractivity contribution < 1.29 is 18.3 Å². The molecule has 168 valence electrons. The summed E-state index contributed by atoms with van der Waals surface area (Å²) in [4.78, 5) is 17.5. The van der Waals surface area contributed by atoms with Crippen LogP contribution in [0.1, 0.15) is 12.8 Å². The number of hydrogen-bond acceptors (Lipinski definition) is 5. The van der Waals surface area contributed by atoms with Gasteiger partial charge in [-0.3, -0.25) is 4.79 Å². The Kier molecular flexibility index (Phi) is 7.83. The molecule has 1 unspecified atom stereocenters. The third-order valence-corrected chi connectivity index (χ3v) is 6.71. The highest BCUT2D eigenvalue weighted by molar-refractivity contribution is 8.00. The minimum atomic E-state index is -2.47. The number of nitrogens with zero attached hydrogens (tertiary/aromatic N) is 2. The molecule has 0 aliphatic carbocycles. The van der Waals surface area contributed by atoms with E-state index in [1.165, 1.54) is 11.8 Å². The number of benzene rings is 2. The number of thioether (sulfide) groups is 2. The Morgan fingerprint density at radius 3 is 2.66 bits per heavy atom. The number of amides is 1. The summed E-state index contributed by atoms with van der Waals surface area (Å²) >= 11 is 1.84. The van der Waals surface area contributed by atoms with Crippen molar-refractivity contribution in [3.63, 3.8) is 0 Å². The molecule has 1 aliphatic rings. The van der Waals surface area contributed by atoms with Gasteiger partial charge in [0.2, 0.25) is 5.91 Å². The lowest BCUT2D eigenvalue weighted by Crippen LogP contribution is -2.18. The molecular weight excluding hydrogens is 452 g/mol. The first-order valence-corrected chi connectivity index (χ1v) is 12.1. The summed E-state index contributed by atoms with van der Waals surface area (Å²) in [6.07, 6.45) is 4.05. The largest absolute Gasteiger partial charge is 0.376 e. The third kappa shape index (κ3) is 6.11. The fourth-order valence-corrected chi connectivity index (χ4v) is 4.82. The van der Waals surface area contributed by atoms with Crippen LogP contribution in [-0.2, 0) is 16.1 Å². The number of nitrogens with one attached hydrogen (secondary N) is 1. The van der Waals surface area contributed by atoms with Crippen LogP contribution in [0.15, 0.2) is 70.8 Å². The second-order valence-corrected chi connectivity index (χ2v) is 9.28. The second-order valence-electron chi connectivity index (χ2n) is 7.28. The van der Waals surface area contributed by atoms with Crippen LogP contribution < -0.4 is 5.32 Å². The van der Waals surface area contributed by atoms with E-state index in [0.29, 0.717) is 28.9 Å². The molecule has 1 saturated heterocycles. The molecule has 2 heterocycles. The topological polar surface area (TPSA) is 56.2 Å². The molecule has 0 radical (unpaired) electrons. The third-order valence-electron chi connectivity index (χ3n) is 4.99. The molecule has 1 aromatic heterocycles. The van der Waals surface area contributed by atoms with E-state index in [1.807, 2.05) is 36.5 Å². The van der Waals surface area contributed by atoms with E-state index in [1.54, 1.807) is 24.3 Å². The molecule has 32 heavy (non-hydrogen) atoms. The van der Waals surface area contributed by atoms with Gasteiger partial charge in [-0.15, -0.1) is 0 Å². The summed E-state index contributed by atoms with van der Waals surface area (Å²) in [5, 5.41) is 3.57. The van der Waals surface area contributed by atoms with Gasteiger partial charge in [-0.05, 0) is 42.7 Å². The molecule has 0 saturated carbocycles. The summed E-state index contributed by atoms with van der Waals surface area (Å²) in [5.41, 5.74) is 2.63. The highest BCUT2D eigenvalue weighted by atomic mass is 32.2. The SMILES string of the molecule is O=C(CSc1ncc(-c2ccccc2)n1CC1CCCO1)Nc1ccc(SC(F)F)cc1. The Balaban J connectivity index is 1.42. The number of imidazole rings is 1. The van der Waals surface area contributed by atoms with Gasteiger partial charge in [-0.25, -0.2) is 4.98 Å². The van der Waals surface area contributed by atoms with Crippen molar-refractivity contribution in [2.45, 2.75) is 41.3 Å². The highest BCUT2D eigenvalue weighted by Gasteiger charge is 2.21. The average Bonchev–Trinajstić information content (AvgIpc) is 3.44. The number of carbonyl (C=O) groups is 1. The number of aromatic nitrogens is 2. The number of halogens is 2. The summed E-state index contributed by atoms with van der Waals surface area (Å²) in [5.74, 6) is -2.47. The first-order chi connectivity index (χ1) is 15.6. The summed E-state index contributed by atoms with van der Waals surface area (Å²) in [6, 6.07) is 16.4. The predicted molar refractivity (Wildman–Crippen MR) is 124 cm³/mol. The molecule has 2 aromatic carbocycles. The Bertz CT molecular complexity index is 1020. The van der Waals surface area contributed by atoms with E-state index in [4.69, 9.17) is 4.74 Å². The van der Waals surface area contributed by atoms with Gasteiger partial charge >= 0.3 is 0 Å². The lowest BCUT2D eigenvalue weighted by atomic mass is 10.1. The Morgan fingerprint density at radius 2 is 1.97 bits per heavy atom. The maximum absolute atomic E-state index is 12.5. The van der Waals surface area contributed by atoms with Crippen LogP contribution >= 0.6 is 23.5 Å². The van der Waals surface area contributed by atoms with Crippen molar-refractivity contribution in [2.75, 3.05) is 17.7 Å². The van der Waals surface area contributed by atoms with Crippen LogP contribution in [0.4, 0.5) is 14.5 Å².